The van der Waals surface area contributed by atoms with Crippen LogP contribution >= 0.6 is 11.3 Å². The number of fused-ring (bicyclic) bond motifs is 1. The first kappa shape index (κ1) is 24.0. The van der Waals surface area contributed by atoms with Crippen LogP contribution in [0.5, 0.6) is 40.2 Å². The fourth-order valence-corrected chi connectivity index (χ4v) is 5.11. The first-order valence-corrected chi connectivity index (χ1v) is 11.2. The molecule has 0 unspecified atom stereocenters. The van der Waals surface area contributed by atoms with Crippen LogP contribution in [0.15, 0.2) is 42.5 Å². The van der Waals surface area contributed by atoms with Crippen molar-refractivity contribution in [1.82, 2.24) is 0 Å². The molecule has 0 radical (unpaired) electrons. The molecule has 182 valence electrons. The predicted octanol–water partition coefficient (Wildman–Crippen LogP) is 5.25. The monoisotopic (exact) mass is 496 g/mol. The summed E-state index contributed by atoms with van der Waals surface area (Å²) < 4.78 is 27.6. The summed E-state index contributed by atoms with van der Waals surface area (Å²) in [5.74, 6) is 1.27. The Hall–Kier alpha value is -4.11. The first-order valence-electron chi connectivity index (χ1n) is 10.4. The second-order valence-corrected chi connectivity index (χ2v) is 8.51. The summed E-state index contributed by atoms with van der Waals surface area (Å²) in [7, 11) is 7.42. The zero-order valence-corrected chi connectivity index (χ0v) is 20.6. The van der Waals surface area contributed by atoms with E-state index in [0.717, 1.165) is 4.70 Å². The average Bonchev–Trinajstić information content (AvgIpc) is 3.24. The Morgan fingerprint density at radius 3 is 1.86 bits per heavy atom. The number of benzene rings is 3. The lowest BCUT2D eigenvalue weighted by Gasteiger charge is -2.15. The summed E-state index contributed by atoms with van der Waals surface area (Å²) in [6.07, 6.45) is 0. The molecule has 4 aromatic rings. The van der Waals surface area contributed by atoms with Crippen molar-refractivity contribution in [2.45, 2.75) is 0 Å². The van der Waals surface area contributed by atoms with Gasteiger partial charge in [0.05, 0.1) is 40.4 Å². The van der Waals surface area contributed by atoms with Crippen LogP contribution in [-0.4, -0.2) is 51.5 Å². The average molecular weight is 497 g/mol. The zero-order chi connectivity index (χ0) is 25.3. The van der Waals surface area contributed by atoms with Crippen molar-refractivity contribution >= 4 is 27.2 Å². The van der Waals surface area contributed by atoms with E-state index in [1.54, 1.807) is 30.3 Å². The number of hydrogen-bond donors (Lipinski definition) is 2. The number of carbonyl (C=O) groups is 1. The lowest BCUT2D eigenvalue weighted by atomic mass is 9.97. The number of phenols is 2. The molecule has 4 rings (SSSR count). The van der Waals surface area contributed by atoms with E-state index < -0.39 is 0 Å². The summed E-state index contributed by atoms with van der Waals surface area (Å²) in [5, 5.41) is 21.4. The maximum atomic E-state index is 13.7. The third kappa shape index (κ3) is 4.15. The summed E-state index contributed by atoms with van der Waals surface area (Å²) in [4.78, 5) is 14.1. The molecule has 0 fully saturated rings. The zero-order valence-electron chi connectivity index (χ0n) is 19.8. The Morgan fingerprint density at radius 1 is 0.714 bits per heavy atom. The van der Waals surface area contributed by atoms with E-state index in [9.17, 15) is 15.0 Å². The molecular weight excluding hydrogens is 472 g/mol. The van der Waals surface area contributed by atoms with E-state index in [1.807, 2.05) is 0 Å². The third-order valence-electron chi connectivity index (χ3n) is 5.59. The number of aromatic hydroxyl groups is 2. The standard InChI is InChI=1S/C26H24O8S/c1-30-18-7-6-13(8-16(18)27)24(29)26-23(15-11-17(28)19(31-2)12-22(15)35-26)14-9-20(32-3)25(34-5)21(10-14)33-4/h6-12,27-28H,1-5H3. The highest BCUT2D eigenvalue weighted by Crippen LogP contribution is 2.48. The Bertz CT molecular complexity index is 1400. The molecule has 0 aliphatic carbocycles. The van der Waals surface area contributed by atoms with Crippen molar-refractivity contribution in [2.75, 3.05) is 35.5 Å². The SMILES string of the molecule is COc1ccc(C(=O)c2sc3cc(OC)c(O)cc3c2-c2cc(OC)c(OC)c(OC)c2)cc1O. The maximum absolute atomic E-state index is 13.7. The Kier molecular flexibility index (Phi) is 6.61. The minimum absolute atomic E-state index is 0.0624. The normalized spacial score (nSPS) is 10.8. The minimum Gasteiger partial charge on any atom is -0.504 e. The summed E-state index contributed by atoms with van der Waals surface area (Å²) in [6, 6.07) is 11.2. The highest BCUT2D eigenvalue weighted by molar-refractivity contribution is 7.21. The molecule has 2 N–H and O–H groups in total. The second kappa shape index (κ2) is 9.63. The molecule has 8 nitrogen and oxygen atoms in total. The molecule has 0 saturated heterocycles. The molecule has 3 aromatic carbocycles. The van der Waals surface area contributed by atoms with E-state index in [2.05, 4.69) is 0 Å². The molecule has 35 heavy (non-hydrogen) atoms. The van der Waals surface area contributed by atoms with Gasteiger partial charge in [-0.05, 0) is 42.0 Å². The molecule has 1 heterocycles. The van der Waals surface area contributed by atoms with Crippen LogP contribution in [0.25, 0.3) is 21.2 Å². The number of rotatable bonds is 8. The minimum atomic E-state index is -0.314. The van der Waals surface area contributed by atoms with Gasteiger partial charge in [0.2, 0.25) is 11.5 Å². The molecule has 0 saturated carbocycles. The van der Waals surface area contributed by atoms with Crippen LogP contribution in [-0.2, 0) is 0 Å². The molecule has 0 atom stereocenters. The highest BCUT2D eigenvalue weighted by atomic mass is 32.1. The number of carbonyl (C=O) groups excluding carboxylic acids is 1. The Labute approximate surface area is 205 Å². The van der Waals surface area contributed by atoms with E-state index >= 15 is 0 Å². The van der Waals surface area contributed by atoms with Crippen LogP contribution < -0.4 is 23.7 Å². The van der Waals surface area contributed by atoms with E-state index in [0.29, 0.717) is 38.6 Å². The molecule has 0 bridgehead atoms. The Morgan fingerprint density at radius 2 is 1.31 bits per heavy atom. The lowest BCUT2D eigenvalue weighted by molar-refractivity contribution is 0.104. The molecular formula is C26H24O8S. The summed E-state index contributed by atoms with van der Waals surface area (Å²) in [5.41, 5.74) is 1.47. The van der Waals surface area contributed by atoms with Crippen LogP contribution in [0.2, 0.25) is 0 Å². The van der Waals surface area contributed by atoms with Crippen LogP contribution in [0.4, 0.5) is 0 Å². The van der Waals surface area contributed by atoms with Gasteiger partial charge in [0.25, 0.3) is 0 Å². The number of phenolic OH excluding ortho intramolecular Hbond substituents is 2. The van der Waals surface area contributed by atoms with E-state index in [-0.39, 0.29) is 34.3 Å². The van der Waals surface area contributed by atoms with Crippen LogP contribution in [0, 0.1) is 0 Å². The molecule has 1 aromatic heterocycles. The van der Waals surface area contributed by atoms with Gasteiger partial charge in [0.1, 0.15) is 0 Å². The summed E-state index contributed by atoms with van der Waals surface area (Å²) >= 11 is 1.25. The third-order valence-corrected chi connectivity index (χ3v) is 6.74. The summed E-state index contributed by atoms with van der Waals surface area (Å²) in [6.45, 7) is 0. The van der Waals surface area contributed by atoms with Gasteiger partial charge in [-0.25, -0.2) is 0 Å². The van der Waals surface area contributed by atoms with Gasteiger partial charge in [0, 0.05) is 27.3 Å². The van der Waals surface area contributed by atoms with Crippen LogP contribution in [0.1, 0.15) is 15.2 Å². The van der Waals surface area contributed by atoms with Gasteiger partial charge in [-0.3, -0.25) is 4.79 Å². The van der Waals surface area contributed by atoms with Crippen molar-refractivity contribution in [1.29, 1.82) is 0 Å². The fraction of sp³-hybridized carbons (Fsp3) is 0.192. The number of thiophene rings is 1. The number of methoxy groups -OCH3 is 5. The number of hydrogen-bond acceptors (Lipinski definition) is 9. The van der Waals surface area contributed by atoms with Gasteiger partial charge >= 0.3 is 0 Å². The molecule has 9 heteroatoms. The van der Waals surface area contributed by atoms with Crippen molar-refractivity contribution in [3.63, 3.8) is 0 Å². The number of ether oxygens (including phenoxy) is 5. The van der Waals surface area contributed by atoms with Gasteiger partial charge in [0.15, 0.2) is 34.5 Å². The maximum Gasteiger partial charge on any atom is 0.203 e. The Balaban J connectivity index is 2.02. The smallest absolute Gasteiger partial charge is 0.203 e. The molecule has 0 amide bonds. The highest BCUT2D eigenvalue weighted by Gasteiger charge is 2.25. The van der Waals surface area contributed by atoms with Gasteiger partial charge in [-0.1, -0.05) is 0 Å². The van der Waals surface area contributed by atoms with Crippen molar-refractivity contribution in [2.24, 2.45) is 0 Å². The van der Waals surface area contributed by atoms with Gasteiger partial charge in [-0.2, -0.15) is 0 Å². The molecule has 0 spiro atoms. The second-order valence-electron chi connectivity index (χ2n) is 7.46. The van der Waals surface area contributed by atoms with Gasteiger partial charge < -0.3 is 33.9 Å². The number of ketones is 1. The van der Waals surface area contributed by atoms with Crippen LogP contribution in [0.3, 0.4) is 0 Å². The predicted molar refractivity (Wildman–Crippen MR) is 133 cm³/mol. The topological polar surface area (TPSA) is 104 Å². The quantitative estimate of drug-likeness (QED) is 0.319. The largest absolute Gasteiger partial charge is 0.504 e. The molecule has 0 aliphatic rings. The van der Waals surface area contributed by atoms with E-state index in [1.165, 1.54) is 59.0 Å². The lowest BCUT2D eigenvalue weighted by Crippen LogP contribution is -2.02. The van der Waals surface area contributed by atoms with Crippen molar-refractivity contribution in [3.8, 4) is 51.4 Å². The molecule has 0 aliphatic heterocycles. The van der Waals surface area contributed by atoms with Crippen molar-refractivity contribution < 1.29 is 38.7 Å². The van der Waals surface area contributed by atoms with E-state index in [4.69, 9.17) is 23.7 Å². The first-order chi connectivity index (χ1) is 16.9. The van der Waals surface area contributed by atoms with Crippen molar-refractivity contribution in [3.05, 3.63) is 52.9 Å². The fourth-order valence-electron chi connectivity index (χ4n) is 3.91. The van der Waals surface area contributed by atoms with Gasteiger partial charge in [-0.15, -0.1) is 11.3 Å².